The Kier molecular flexibility index (Phi) is 5.28. The molecule has 21 heavy (non-hydrogen) atoms. The lowest BCUT2D eigenvalue weighted by Gasteiger charge is -2.20. The molecule has 0 saturated heterocycles. The van der Waals surface area contributed by atoms with Crippen LogP contribution in [0.3, 0.4) is 0 Å². The molecule has 2 rings (SSSR count). The number of hydrogen-bond acceptors (Lipinski definition) is 2. The summed E-state index contributed by atoms with van der Waals surface area (Å²) in [7, 11) is 0. The molecule has 1 N–H and O–H groups in total. The fraction of sp³-hybridized carbons (Fsp3) is 0.235. The molecule has 1 aromatic carbocycles. The lowest BCUT2D eigenvalue weighted by molar-refractivity contribution is -0.117. The van der Waals surface area contributed by atoms with Gasteiger partial charge in [0.15, 0.2) is 0 Å². The molecule has 0 aliphatic carbocycles. The molecule has 2 aromatic rings. The Morgan fingerprint density at radius 1 is 1.24 bits per heavy atom. The standard InChI is InChI=1S/C17H18FNOS/c1-12(2)17(15-8-5-11-21-15)19-16(20)10-9-13-6-3-4-7-14(13)18/h3-12,17H,1-2H3,(H,19,20)/b10-9+/t17-/m1/s1. The van der Waals surface area contributed by atoms with E-state index in [-0.39, 0.29) is 23.7 Å². The zero-order valence-electron chi connectivity index (χ0n) is 12.0. The summed E-state index contributed by atoms with van der Waals surface area (Å²) in [5, 5.41) is 4.96. The fourth-order valence-corrected chi connectivity index (χ4v) is 2.96. The van der Waals surface area contributed by atoms with E-state index in [1.807, 2.05) is 17.5 Å². The van der Waals surface area contributed by atoms with Crippen molar-refractivity contribution in [2.45, 2.75) is 19.9 Å². The van der Waals surface area contributed by atoms with Crippen molar-refractivity contribution >= 4 is 23.3 Å². The molecule has 110 valence electrons. The molecule has 2 nitrogen and oxygen atoms in total. The van der Waals surface area contributed by atoms with Crippen LogP contribution in [0, 0.1) is 11.7 Å². The number of benzene rings is 1. The van der Waals surface area contributed by atoms with Crippen molar-refractivity contribution in [2.75, 3.05) is 0 Å². The maximum Gasteiger partial charge on any atom is 0.244 e. The Morgan fingerprint density at radius 2 is 2.00 bits per heavy atom. The Hall–Kier alpha value is -1.94. The van der Waals surface area contributed by atoms with E-state index in [2.05, 4.69) is 19.2 Å². The number of rotatable bonds is 5. The van der Waals surface area contributed by atoms with E-state index in [9.17, 15) is 9.18 Å². The number of carbonyl (C=O) groups excluding carboxylic acids is 1. The quantitative estimate of drug-likeness (QED) is 0.814. The maximum atomic E-state index is 13.5. The van der Waals surface area contributed by atoms with E-state index in [1.54, 1.807) is 29.5 Å². The molecule has 0 radical (unpaired) electrons. The molecule has 0 bridgehead atoms. The van der Waals surface area contributed by atoms with Crippen molar-refractivity contribution < 1.29 is 9.18 Å². The van der Waals surface area contributed by atoms with Crippen molar-refractivity contribution in [1.82, 2.24) is 5.32 Å². The predicted molar refractivity (Wildman–Crippen MR) is 85.5 cm³/mol. The summed E-state index contributed by atoms with van der Waals surface area (Å²) in [5.41, 5.74) is 0.407. The summed E-state index contributed by atoms with van der Waals surface area (Å²) in [6.07, 6.45) is 2.87. The smallest absolute Gasteiger partial charge is 0.244 e. The average Bonchev–Trinajstić information content (AvgIpc) is 2.97. The van der Waals surface area contributed by atoms with Crippen molar-refractivity contribution in [3.63, 3.8) is 0 Å². The number of carbonyl (C=O) groups is 1. The second-order valence-electron chi connectivity index (χ2n) is 5.10. The predicted octanol–water partition coefficient (Wildman–Crippen LogP) is 4.41. The molecule has 0 aliphatic rings. The largest absolute Gasteiger partial charge is 0.345 e. The van der Waals surface area contributed by atoms with Gasteiger partial charge in [0.25, 0.3) is 0 Å². The summed E-state index contributed by atoms with van der Waals surface area (Å²) in [5.74, 6) is -0.264. The van der Waals surface area contributed by atoms with Gasteiger partial charge in [0.2, 0.25) is 5.91 Å². The van der Waals surface area contributed by atoms with Crippen molar-refractivity contribution in [1.29, 1.82) is 0 Å². The third-order valence-corrected chi connectivity index (χ3v) is 4.09. The number of amides is 1. The number of thiophene rings is 1. The minimum Gasteiger partial charge on any atom is -0.345 e. The highest BCUT2D eigenvalue weighted by atomic mass is 32.1. The van der Waals surface area contributed by atoms with Gasteiger partial charge in [0.05, 0.1) is 6.04 Å². The van der Waals surface area contributed by atoms with Crippen molar-refractivity contribution in [2.24, 2.45) is 5.92 Å². The molecule has 1 atom stereocenters. The van der Waals surface area contributed by atoms with Crippen LogP contribution in [0.1, 0.15) is 30.3 Å². The molecular formula is C17H18FNOS. The van der Waals surface area contributed by atoms with E-state index in [4.69, 9.17) is 0 Å². The minimum absolute atomic E-state index is 0.0252. The van der Waals surface area contributed by atoms with E-state index in [1.165, 1.54) is 18.2 Å². The highest BCUT2D eigenvalue weighted by molar-refractivity contribution is 7.10. The number of halogens is 1. The van der Waals surface area contributed by atoms with Gasteiger partial charge < -0.3 is 5.32 Å². The van der Waals surface area contributed by atoms with Gasteiger partial charge in [-0.1, -0.05) is 38.1 Å². The topological polar surface area (TPSA) is 29.1 Å². The molecular weight excluding hydrogens is 285 g/mol. The summed E-state index contributed by atoms with van der Waals surface area (Å²) in [6.45, 7) is 4.12. The van der Waals surface area contributed by atoms with Crippen molar-refractivity contribution in [3.05, 3.63) is 64.1 Å². The van der Waals surface area contributed by atoms with Crippen LogP contribution in [-0.4, -0.2) is 5.91 Å². The first-order chi connectivity index (χ1) is 10.1. The van der Waals surface area contributed by atoms with Gasteiger partial charge >= 0.3 is 0 Å². The Balaban J connectivity index is 2.05. The molecule has 0 aliphatic heterocycles. The van der Waals surface area contributed by atoms with Crippen LogP contribution in [0.4, 0.5) is 4.39 Å². The SMILES string of the molecule is CC(C)[C@@H](NC(=O)/C=C/c1ccccc1F)c1cccs1. The highest BCUT2D eigenvalue weighted by Crippen LogP contribution is 2.25. The van der Waals surface area contributed by atoms with Gasteiger partial charge in [-0.15, -0.1) is 11.3 Å². The summed E-state index contributed by atoms with van der Waals surface area (Å²) in [4.78, 5) is 13.1. The van der Waals surface area contributed by atoms with Gasteiger partial charge in [-0.2, -0.15) is 0 Å². The molecule has 0 spiro atoms. The van der Waals surface area contributed by atoms with Crippen molar-refractivity contribution in [3.8, 4) is 0 Å². The highest BCUT2D eigenvalue weighted by Gasteiger charge is 2.18. The van der Waals surface area contributed by atoms with Gasteiger partial charge in [-0.25, -0.2) is 4.39 Å². The van der Waals surface area contributed by atoms with Crippen LogP contribution in [0.2, 0.25) is 0 Å². The lowest BCUT2D eigenvalue weighted by atomic mass is 10.0. The van der Waals surface area contributed by atoms with Crippen LogP contribution in [0.15, 0.2) is 47.9 Å². The second kappa shape index (κ2) is 7.18. The first-order valence-electron chi connectivity index (χ1n) is 6.84. The van der Waals surface area contributed by atoms with E-state index in [0.29, 0.717) is 5.56 Å². The van der Waals surface area contributed by atoms with E-state index < -0.39 is 0 Å². The molecule has 0 fully saturated rings. The molecule has 1 aromatic heterocycles. The normalized spacial score (nSPS) is 12.8. The zero-order valence-corrected chi connectivity index (χ0v) is 12.9. The molecule has 1 amide bonds. The third-order valence-electron chi connectivity index (χ3n) is 3.13. The third kappa shape index (κ3) is 4.26. The summed E-state index contributed by atoms with van der Waals surface area (Å²) < 4.78 is 13.5. The zero-order chi connectivity index (χ0) is 15.2. The Bertz CT molecular complexity index is 619. The summed E-state index contributed by atoms with van der Waals surface area (Å²) >= 11 is 1.62. The first kappa shape index (κ1) is 15.4. The van der Waals surface area contributed by atoms with E-state index in [0.717, 1.165) is 4.88 Å². The van der Waals surface area contributed by atoms with Crippen LogP contribution < -0.4 is 5.32 Å². The van der Waals surface area contributed by atoms with Crippen LogP contribution >= 0.6 is 11.3 Å². The van der Waals surface area contributed by atoms with Crippen LogP contribution in [0.25, 0.3) is 6.08 Å². The molecule has 0 saturated carbocycles. The lowest BCUT2D eigenvalue weighted by Crippen LogP contribution is -2.29. The maximum absolute atomic E-state index is 13.5. The van der Waals surface area contributed by atoms with E-state index >= 15 is 0 Å². The first-order valence-corrected chi connectivity index (χ1v) is 7.72. The molecule has 0 unspecified atom stereocenters. The number of hydrogen-bond donors (Lipinski definition) is 1. The minimum atomic E-state index is -0.333. The monoisotopic (exact) mass is 303 g/mol. The van der Waals surface area contributed by atoms with Gasteiger partial charge in [0.1, 0.15) is 5.82 Å². The Morgan fingerprint density at radius 3 is 2.62 bits per heavy atom. The summed E-state index contributed by atoms with van der Waals surface area (Å²) in [6, 6.07) is 10.3. The molecule has 1 heterocycles. The molecule has 4 heteroatoms. The second-order valence-corrected chi connectivity index (χ2v) is 6.08. The van der Waals surface area contributed by atoms with Crippen LogP contribution in [-0.2, 0) is 4.79 Å². The fourth-order valence-electron chi connectivity index (χ4n) is 2.01. The van der Waals surface area contributed by atoms with Gasteiger partial charge in [-0.05, 0) is 29.5 Å². The van der Waals surface area contributed by atoms with Crippen LogP contribution in [0.5, 0.6) is 0 Å². The average molecular weight is 303 g/mol. The number of nitrogens with one attached hydrogen (secondary N) is 1. The Labute approximate surface area is 128 Å². The van der Waals surface area contributed by atoms with Gasteiger partial charge in [-0.3, -0.25) is 4.79 Å². The van der Waals surface area contributed by atoms with Gasteiger partial charge in [0, 0.05) is 16.5 Å².